The highest BCUT2D eigenvalue weighted by Gasteiger charge is 2.26. The summed E-state index contributed by atoms with van der Waals surface area (Å²) in [7, 11) is 1.56. The Morgan fingerprint density at radius 2 is 1.52 bits per heavy atom. The number of carbonyl (C=O) groups is 2. The molecule has 0 aliphatic carbocycles. The van der Waals surface area contributed by atoms with E-state index in [1.54, 1.807) is 29.0 Å². The van der Waals surface area contributed by atoms with Gasteiger partial charge in [0.15, 0.2) is 6.61 Å². The molecule has 29 heavy (non-hydrogen) atoms. The van der Waals surface area contributed by atoms with Gasteiger partial charge in [-0.1, -0.05) is 24.3 Å². The molecule has 2 aromatic carbocycles. The van der Waals surface area contributed by atoms with Crippen molar-refractivity contribution in [1.82, 2.24) is 9.80 Å². The van der Waals surface area contributed by atoms with Crippen LogP contribution in [-0.4, -0.2) is 61.5 Å². The lowest BCUT2D eigenvalue weighted by atomic mass is 10.1. The van der Waals surface area contributed by atoms with E-state index in [9.17, 15) is 9.59 Å². The number of amides is 2. The number of benzene rings is 2. The first-order valence-corrected chi connectivity index (χ1v) is 9.82. The van der Waals surface area contributed by atoms with Gasteiger partial charge in [0.1, 0.15) is 11.5 Å². The number of methoxy groups -OCH3 is 1. The molecule has 2 amide bonds. The Morgan fingerprint density at radius 1 is 0.897 bits per heavy atom. The van der Waals surface area contributed by atoms with Crippen LogP contribution in [0.15, 0.2) is 36.4 Å². The molecule has 1 fully saturated rings. The van der Waals surface area contributed by atoms with Crippen molar-refractivity contribution >= 4 is 11.8 Å². The molecular weight excluding hydrogens is 368 g/mol. The van der Waals surface area contributed by atoms with E-state index in [0.717, 1.165) is 22.4 Å². The molecule has 1 aliphatic heterocycles. The summed E-state index contributed by atoms with van der Waals surface area (Å²) < 4.78 is 11.1. The Labute approximate surface area is 172 Å². The van der Waals surface area contributed by atoms with Crippen molar-refractivity contribution < 1.29 is 19.1 Å². The maximum atomic E-state index is 12.8. The highest BCUT2D eigenvalue weighted by atomic mass is 16.5. The third kappa shape index (κ3) is 4.53. The van der Waals surface area contributed by atoms with E-state index in [0.29, 0.717) is 37.5 Å². The fraction of sp³-hybridized carbons (Fsp3) is 0.391. The Kier molecular flexibility index (Phi) is 6.42. The second kappa shape index (κ2) is 8.99. The molecule has 0 N–H and O–H groups in total. The summed E-state index contributed by atoms with van der Waals surface area (Å²) in [5, 5.41) is 0. The van der Waals surface area contributed by atoms with Gasteiger partial charge >= 0.3 is 0 Å². The predicted molar refractivity (Wildman–Crippen MR) is 112 cm³/mol. The van der Waals surface area contributed by atoms with Gasteiger partial charge in [0.2, 0.25) is 0 Å². The number of aryl methyl sites for hydroxylation is 2. The van der Waals surface area contributed by atoms with Crippen molar-refractivity contribution in [3.05, 3.63) is 58.7 Å². The van der Waals surface area contributed by atoms with Crippen molar-refractivity contribution in [3.8, 4) is 11.5 Å². The summed E-state index contributed by atoms with van der Waals surface area (Å²) in [5.41, 5.74) is 3.77. The van der Waals surface area contributed by atoms with E-state index in [1.807, 2.05) is 39.0 Å². The van der Waals surface area contributed by atoms with Crippen LogP contribution in [0.2, 0.25) is 0 Å². The van der Waals surface area contributed by atoms with Gasteiger partial charge in [-0.15, -0.1) is 0 Å². The summed E-state index contributed by atoms with van der Waals surface area (Å²) in [6, 6.07) is 11.3. The Morgan fingerprint density at radius 3 is 2.21 bits per heavy atom. The van der Waals surface area contributed by atoms with Gasteiger partial charge in [-0.3, -0.25) is 9.59 Å². The van der Waals surface area contributed by atoms with Crippen LogP contribution in [-0.2, 0) is 4.79 Å². The Bertz CT molecular complexity index is 902. The number of hydrogen-bond donors (Lipinski definition) is 0. The number of nitrogens with zero attached hydrogens (tertiary/aromatic N) is 2. The molecule has 6 heteroatoms. The van der Waals surface area contributed by atoms with E-state index in [1.165, 1.54) is 0 Å². The van der Waals surface area contributed by atoms with Crippen LogP contribution in [0.1, 0.15) is 27.0 Å². The van der Waals surface area contributed by atoms with Crippen LogP contribution >= 0.6 is 0 Å². The lowest BCUT2D eigenvalue weighted by molar-refractivity contribution is -0.134. The maximum Gasteiger partial charge on any atom is 0.260 e. The molecule has 0 bridgehead atoms. The molecule has 154 valence electrons. The number of para-hydroxylation sites is 1. The van der Waals surface area contributed by atoms with E-state index >= 15 is 0 Å². The van der Waals surface area contributed by atoms with Gasteiger partial charge in [0, 0.05) is 26.2 Å². The molecule has 0 unspecified atom stereocenters. The van der Waals surface area contributed by atoms with Crippen LogP contribution in [0, 0.1) is 20.8 Å². The first-order valence-electron chi connectivity index (χ1n) is 9.82. The molecule has 3 rings (SSSR count). The third-order valence-corrected chi connectivity index (χ3v) is 5.47. The van der Waals surface area contributed by atoms with Gasteiger partial charge in [-0.2, -0.15) is 0 Å². The minimum Gasteiger partial charge on any atom is -0.496 e. The van der Waals surface area contributed by atoms with Crippen LogP contribution in [0.4, 0.5) is 0 Å². The average Bonchev–Trinajstić information content (AvgIpc) is 2.75. The summed E-state index contributed by atoms with van der Waals surface area (Å²) >= 11 is 0. The topological polar surface area (TPSA) is 59.1 Å². The fourth-order valence-electron chi connectivity index (χ4n) is 3.52. The monoisotopic (exact) mass is 396 g/mol. The zero-order valence-corrected chi connectivity index (χ0v) is 17.5. The summed E-state index contributed by atoms with van der Waals surface area (Å²) in [4.78, 5) is 28.9. The quantitative estimate of drug-likeness (QED) is 0.780. The van der Waals surface area contributed by atoms with E-state index < -0.39 is 0 Å². The largest absolute Gasteiger partial charge is 0.496 e. The van der Waals surface area contributed by atoms with E-state index in [-0.39, 0.29) is 18.4 Å². The molecule has 0 atom stereocenters. The van der Waals surface area contributed by atoms with Crippen molar-refractivity contribution in [2.45, 2.75) is 20.8 Å². The number of carbonyl (C=O) groups excluding carboxylic acids is 2. The molecule has 0 aromatic heterocycles. The van der Waals surface area contributed by atoms with Crippen LogP contribution < -0.4 is 9.47 Å². The van der Waals surface area contributed by atoms with Crippen LogP contribution in [0.5, 0.6) is 11.5 Å². The lowest BCUT2D eigenvalue weighted by Crippen LogP contribution is -2.51. The van der Waals surface area contributed by atoms with Gasteiger partial charge in [0.05, 0.1) is 12.7 Å². The average molecular weight is 396 g/mol. The van der Waals surface area contributed by atoms with E-state index in [2.05, 4.69) is 6.07 Å². The highest BCUT2D eigenvalue weighted by Crippen LogP contribution is 2.26. The molecule has 2 aromatic rings. The predicted octanol–water partition coefficient (Wildman–Crippen LogP) is 2.98. The Hall–Kier alpha value is -3.02. The summed E-state index contributed by atoms with van der Waals surface area (Å²) in [6.45, 7) is 7.99. The van der Waals surface area contributed by atoms with Gasteiger partial charge in [0.25, 0.3) is 11.8 Å². The van der Waals surface area contributed by atoms with Crippen LogP contribution in [0.3, 0.4) is 0 Å². The summed E-state index contributed by atoms with van der Waals surface area (Å²) in [5.74, 6) is 1.21. The number of hydrogen-bond acceptors (Lipinski definition) is 4. The molecule has 6 nitrogen and oxygen atoms in total. The first-order chi connectivity index (χ1) is 13.9. The summed E-state index contributed by atoms with van der Waals surface area (Å²) in [6.07, 6.45) is 0. The SMILES string of the molecule is COc1ccccc1C(=O)N1CCN(C(=O)COc2c(C)ccc(C)c2C)CC1. The van der Waals surface area contributed by atoms with Gasteiger partial charge in [-0.25, -0.2) is 0 Å². The van der Waals surface area contributed by atoms with Gasteiger partial charge < -0.3 is 19.3 Å². The zero-order chi connectivity index (χ0) is 21.0. The molecule has 1 aliphatic rings. The molecule has 0 spiro atoms. The number of ether oxygens (including phenoxy) is 2. The standard InChI is InChI=1S/C23H28N2O4/c1-16-9-10-17(2)22(18(16)3)29-15-21(26)24-11-13-25(14-12-24)23(27)19-7-5-6-8-20(19)28-4/h5-10H,11-15H2,1-4H3. The minimum atomic E-state index is -0.0724. The normalized spacial score (nSPS) is 13.9. The van der Waals surface area contributed by atoms with E-state index in [4.69, 9.17) is 9.47 Å². The lowest BCUT2D eigenvalue weighted by Gasteiger charge is -2.35. The number of rotatable bonds is 5. The molecule has 0 radical (unpaired) electrons. The molecule has 1 saturated heterocycles. The first kappa shape index (κ1) is 20.7. The third-order valence-electron chi connectivity index (χ3n) is 5.47. The zero-order valence-electron chi connectivity index (χ0n) is 17.5. The van der Waals surface area contributed by atoms with Crippen LogP contribution in [0.25, 0.3) is 0 Å². The molecule has 0 saturated carbocycles. The Balaban J connectivity index is 1.56. The van der Waals surface area contributed by atoms with Crippen molar-refractivity contribution in [2.24, 2.45) is 0 Å². The van der Waals surface area contributed by atoms with Crippen molar-refractivity contribution in [1.29, 1.82) is 0 Å². The van der Waals surface area contributed by atoms with Crippen molar-refractivity contribution in [3.63, 3.8) is 0 Å². The molecular formula is C23H28N2O4. The fourth-order valence-corrected chi connectivity index (χ4v) is 3.52. The number of piperazine rings is 1. The maximum absolute atomic E-state index is 12.8. The second-order valence-corrected chi connectivity index (χ2v) is 7.32. The minimum absolute atomic E-state index is 0.00554. The highest BCUT2D eigenvalue weighted by molar-refractivity contribution is 5.97. The van der Waals surface area contributed by atoms with Gasteiger partial charge in [-0.05, 0) is 49.6 Å². The molecule has 1 heterocycles. The second-order valence-electron chi connectivity index (χ2n) is 7.32. The van der Waals surface area contributed by atoms with Crippen molar-refractivity contribution in [2.75, 3.05) is 39.9 Å². The smallest absolute Gasteiger partial charge is 0.260 e.